The lowest BCUT2D eigenvalue weighted by molar-refractivity contribution is 0.0832. The standard InChI is InChI=1S/C13H17ClFNO/c14-12-5-3-6-13(15)11(12)8-16-7-2-1-4-10(16)9-17/h3,5-6,10,17H,1-2,4,7-9H2/t10-/m0/s1. The number of benzene rings is 1. The number of nitrogens with zero attached hydrogens (tertiary/aromatic N) is 1. The van der Waals surface area contributed by atoms with Crippen LogP contribution in [0.25, 0.3) is 0 Å². The fraction of sp³-hybridized carbons (Fsp3) is 0.538. The Kier molecular flexibility index (Phi) is 4.37. The molecule has 2 rings (SSSR count). The number of rotatable bonds is 3. The molecule has 1 N–H and O–H groups in total. The SMILES string of the molecule is OC[C@@H]1CCCCN1Cc1c(F)cccc1Cl. The van der Waals surface area contributed by atoms with E-state index in [2.05, 4.69) is 4.90 Å². The van der Waals surface area contributed by atoms with E-state index in [4.69, 9.17) is 11.6 Å². The molecular weight excluding hydrogens is 241 g/mol. The van der Waals surface area contributed by atoms with Gasteiger partial charge in [0.25, 0.3) is 0 Å². The van der Waals surface area contributed by atoms with Gasteiger partial charge in [-0.2, -0.15) is 0 Å². The molecule has 1 fully saturated rings. The maximum atomic E-state index is 13.7. The van der Waals surface area contributed by atoms with Crippen molar-refractivity contribution in [2.24, 2.45) is 0 Å². The van der Waals surface area contributed by atoms with Gasteiger partial charge in [-0.15, -0.1) is 0 Å². The highest BCUT2D eigenvalue weighted by Crippen LogP contribution is 2.24. The van der Waals surface area contributed by atoms with Crippen LogP contribution in [-0.2, 0) is 6.54 Å². The fourth-order valence-electron chi connectivity index (χ4n) is 2.36. The third-order valence-corrected chi connectivity index (χ3v) is 3.74. The Labute approximate surface area is 106 Å². The largest absolute Gasteiger partial charge is 0.395 e. The van der Waals surface area contributed by atoms with Crippen molar-refractivity contribution < 1.29 is 9.50 Å². The second-order valence-corrected chi connectivity index (χ2v) is 4.91. The van der Waals surface area contributed by atoms with Gasteiger partial charge < -0.3 is 5.11 Å². The van der Waals surface area contributed by atoms with Gasteiger partial charge in [0.15, 0.2) is 0 Å². The Morgan fingerprint density at radius 2 is 2.24 bits per heavy atom. The zero-order valence-electron chi connectivity index (χ0n) is 9.70. The van der Waals surface area contributed by atoms with Gasteiger partial charge >= 0.3 is 0 Å². The highest BCUT2D eigenvalue weighted by atomic mass is 35.5. The van der Waals surface area contributed by atoms with Gasteiger partial charge in [0.2, 0.25) is 0 Å². The van der Waals surface area contributed by atoms with Crippen LogP contribution in [0.1, 0.15) is 24.8 Å². The molecule has 94 valence electrons. The van der Waals surface area contributed by atoms with Crippen molar-refractivity contribution in [1.29, 1.82) is 0 Å². The minimum atomic E-state index is -0.264. The molecule has 0 radical (unpaired) electrons. The van der Waals surface area contributed by atoms with Crippen LogP contribution < -0.4 is 0 Å². The van der Waals surface area contributed by atoms with E-state index < -0.39 is 0 Å². The summed E-state index contributed by atoms with van der Waals surface area (Å²) in [5.74, 6) is -0.264. The van der Waals surface area contributed by atoms with E-state index in [-0.39, 0.29) is 18.5 Å². The van der Waals surface area contributed by atoms with Crippen molar-refractivity contribution in [1.82, 2.24) is 4.90 Å². The summed E-state index contributed by atoms with van der Waals surface area (Å²) in [5, 5.41) is 9.77. The molecule has 17 heavy (non-hydrogen) atoms. The summed E-state index contributed by atoms with van der Waals surface area (Å²) >= 11 is 6.01. The van der Waals surface area contributed by atoms with Crippen LogP contribution in [0.2, 0.25) is 5.02 Å². The second-order valence-electron chi connectivity index (χ2n) is 4.50. The average Bonchev–Trinajstić information content (AvgIpc) is 2.34. The number of aliphatic hydroxyl groups is 1. The number of hydrogen-bond donors (Lipinski definition) is 1. The Balaban J connectivity index is 2.13. The van der Waals surface area contributed by atoms with Crippen molar-refractivity contribution in [2.75, 3.05) is 13.2 Å². The Morgan fingerprint density at radius 3 is 2.94 bits per heavy atom. The van der Waals surface area contributed by atoms with Crippen LogP contribution in [0.4, 0.5) is 4.39 Å². The molecule has 0 aliphatic carbocycles. The summed E-state index contributed by atoms with van der Waals surface area (Å²) < 4.78 is 13.7. The lowest BCUT2D eigenvalue weighted by Gasteiger charge is -2.34. The molecule has 4 heteroatoms. The zero-order valence-corrected chi connectivity index (χ0v) is 10.5. The molecule has 0 saturated carbocycles. The molecule has 1 aromatic rings. The normalized spacial score (nSPS) is 21.7. The molecule has 0 amide bonds. The Morgan fingerprint density at radius 1 is 1.41 bits per heavy atom. The quantitative estimate of drug-likeness (QED) is 0.900. The summed E-state index contributed by atoms with van der Waals surface area (Å²) in [6.45, 7) is 1.51. The molecule has 1 atom stereocenters. The van der Waals surface area contributed by atoms with Crippen LogP contribution in [-0.4, -0.2) is 29.2 Å². The van der Waals surface area contributed by atoms with Crippen LogP contribution >= 0.6 is 11.6 Å². The Hall–Kier alpha value is -0.640. The molecule has 1 saturated heterocycles. The smallest absolute Gasteiger partial charge is 0.129 e. The summed E-state index contributed by atoms with van der Waals surface area (Å²) in [4.78, 5) is 2.12. The van der Waals surface area contributed by atoms with Gasteiger partial charge in [-0.1, -0.05) is 24.1 Å². The van der Waals surface area contributed by atoms with Crippen LogP contribution in [0.15, 0.2) is 18.2 Å². The second kappa shape index (κ2) is 5.80. The lowest BCUT2D eigenvalue weighted by Crippen LogP contribution is -2.41. The molecule has 0 bridgehead atoms. The minimum Gasteiger partial charge on any atom is -0.395 e. The molecule has 1 aliphatic rings. The van der Waals surface area contributed by atoms with Crippen molar-refractivity contribution >= 4 is 11.6 Å². The van der Waals surface area contributed by atoms with Gasteiger partial charge in [-0.3, -0.25) is 4.90 Å². The molecule has 0 unspecified atom stereocenters. The number of hydrogen-bond acceptors (Lipinski definition) is 2. The molecule has 0 aromatic heterocycles. The monoisotopic (exact) mass is 257 g/mol. The highest BCUT2D eigenvalue weighted by molar-refractivity contribution is 6.31. The van der Waals surface area contributed by atoms with Crippen molar-refractivity contribution in [2.45, 2.75) is 31.8 Å². The van der Waals surface area contributed by atoms with Gasteiger partial charge in [0, 0.05) is 23.2 Å². The predicted octanol–water partition coefficient (Wildman–Crippen LogP) is 2.83. The summed E-state index contributed by atoms with van der Waals surface area (Å²) in [5.41, 5.74) is 0.537. The maximum absolute atomic E-state index is 13.7. The van der Waals surface area contributed by atoms with E-state index in [1.165, 1.54) is 6.07 Å². The predicted molar refractivity (Wildman–Crippen MR) is 66.5 cm³/mol. The highest BCUT2D eigenvalue weighted by Gasteiger charge is 2.23. The maximum Gasteiger partial charge on any atom is 0.129 e. The minimum absolute atomic E-state index is 0.131. The molecule has 1 aliphatic heterocycles. The van der Waals surface area contributed by atoms with E-state index >= 15 is 0 Å². The number of piperidine rings is 1. The van der Waals surface area contributed by atoms with Crippen LogP contribution in [0.5, 0.6) is 0 Å². The zero-order chi connectivity index (χ0) is 12.3. The summed E-state index contributed by atoms with van der Waals surface area (Å²) in [6, 6.07) is 4.89. The first-order chi connectivity index (χ1) is 8.22. The lowest BCUT2D eigenvalue weighted by atomic mass is 10.0. The third kappa shape index (κ3) is 2.97. The van der Waals surface area contributed by atoms with E-state index in [0.717, 1.165) is 25.8 Å². The number of likely N-dealkylation sites (tertiary alicyclic amines) is 1. The van der Waals surface area contributed by atoms with Crippen LogP contribution in [0.3, 0.4) is 0 Å². The van der Waals surface area contributed by atoms with Crippen molar-refractivity contribution in [3.05, 3.63) is 34.6 Å². The Bertz CT molecular complexity index is 365. The first kappa shape index (κ1) is 12.8. The fourth-order valence-corrected chi connectivity index (χ4v) is 2.58. The number of halogens is 2. The summed E-state index contributed by atoms with van der Waals surface area (Å²) in [6.07, 6.45) is 3.21. The molecule has 1 aromatic carbocycles. The van der Waals surface area contributed by atoms with Gasteiger partial charge in [-0.05, 0) is 31.5 Å². The molecule has 2 nitrogen and oxygen atoms in total. The molecule has 1 heterocycles. The third-order valence-electron chi connectivity index (χ3n) is 3.38. The average molecular weight is 258 g/mol. The summed E-state index contributed by atoms with van der Waals surface area (Å²) in [7, 11) is 0. The van der Waals surface area contributed by atoms with Gasteiger partial charge in [-0.25, -0.2) is 4.39 Å². The van der Waals surface area contributed by atoms with Crippen LogP contribution in [0, 0.1) is 5.82 Å². The van der Waals surface area contributed by atoms with E-state index in [1.807, 2.05) is 0 Å². The van der Waals surface area contributed by atoms with Crippen molar-refractivity contribution in [3.63, 3.8) is 0 Å². The van der Waals surface area contributed by atoms with Crippen molar-refractivity contribution in [3.8, 4) is 0 Å². The first-order valence-electron chi connectivity index (χ1n) is 6.00. The van der Waals surface area contributed by atoms with E-state index in [0.29, 0.717) is 17.1 Å². The first-order valence-corrected chi connectivity index (χ1v) is 6.38. The van der Waals surface area contributed by atoms with Gasteiger partial charge in [0.05, 0.1) is 6.61 Å². The van der Waals surface area contributed by atoms with E-state index in [9.17, 15) is 9.50 Å². The number of aliphatic hydroxyl groups excluding tert-OH is 1. The topological polar surface area (TPSA) is 23.5 Å². The molecular formula is C13H17ClFNO. The van der Waals surface area contributed by atoms with E-state index in [1.54, 1.807) is 12.1 Å². The van der Waals surface area contributed by atoms with Gasteiger partial charge in [0.1, 0.15) is 5.82 Å². The molecule has 0 spiro atoms.